The predicted molar refractivity (Wildman–Crippen MR) is 78.2 cm³/mol. The van der Waals surface area contributed by atoms with E-state index in [1.54, 1.807) is 0 Å². The number of halogens is 1. The van der Waals surface area contributed by atoms with E-state index in [0.29, 0.717) is 6.54 Å². The second-order valence-electron chi connectivity index (χ2n) is 4.55. The minimum atomic E-state index is -0.369. The fraction of sp³-hybridized carbons (Fsp3) is 0.462. The molecule has 1 atom stereocenters. The summed E-state index contributed by atoms with van der Waals surface area (Å²) in [5, 5.41) is 2.83. The van der Waals surface area contributed by atoms with E-state index in [2.05, 4.69) is 43.0 Å². The number of hydrogen-bond acceptors (Lipinski definition) is 4. The van der Waals surface area contributed by atoms with Gasteiger partial charge in [0.2, 0.25) is 0 Å². The van der Waals surface area contributed by atoms with Gasteiger partial charge >= 0.3 is 6.09 Å². The molecule has 19 heavy (non-hydrogen) atoms. The van der Waals surface area contributed by atoms with E-state index in [0.717, 1.165) is 35.2 Å². The third kappa shape index (κ3) is 3.39. The van der Waals surface area contributed by atoms with Crippen molar-refractivity contribution in [1.29, 1.82) is 0 Å². The van der Waals surface area contributed by atoms with Gasteiger partial charge < -0.3 is 20.7 Å². The Hall–Kier alpha value is -1.27. The summed E-state index contributed by atoms with van der Waals surface area (Å²) in [5.74, 6) is 0. The third-order valence-corrected chi connectivity index (χ3v) is 4.06. The summed E-state index contributed by atoms with van der Waals surface area (Å²) in [6.45, 7) is 2.24. The average molecular weight is 328 g/mol. The van der Waals surface area contributed by atoms with E-state index in [1.807, 2.05) is 6.07 Å². The summed E-state index contributed by atoms with van der Waals surface area (Å²) in [6.07, 6.45) is 0.553. The van der Waals surface area contributed by atoms with Crippen molar-refractivity contribution in [2.45, 2.75) is 19.0 Å². The summed E-state index contributed by atoms with van der Waals surface area (Å²) in [7, 11) is 1.38. The fourth-order valence-electron chi connectivity index (χ4n) is 2.24. The van der Waals surface area contributed by atoms with Crippen LogP contribution in [-0.2, 0) is 11.3 Å². The Bertz CT molecular complexity index is 467. The average Bonchev–Trinajstić information content (AvgIpc) is 2.87. The SMILES string of the molecule is COC(=O)NC1CCN(c2ccc(CN)c(Br)c2)C1. The van der Waals surface area contributed by atoms with Gasteiger partial charge in [-0.1, -0.05) is 22.0 Å². The van der Waals surface area contributed by atoms with Crippen molar-refractivity contribution in [1.82, 2.24) is 5.32 Å². The largest absolute Gasteiger partial charge is 0.453 e. The minimum absolute atomic E-state index is 0.139. The van der Waals surface area contributed by atoms with E-state index >= 15 is 0 Å². The number of nitrogens with zero attached hydrogens (tertiary/aromatic N) is 1. The molecule has 1 heterocycles. The number of nitrogens with two attached hydrogens (primary N) is 1. The van der Waals surface area contributed by atoms with Crippen molar-refractivity contribution >= 4 is 27.7 Å². The van der Waals surface area contributed by atoms with Crippen LogP contribution in [0.5, 0.6) is 0 Å². The van der Waals surface area contributed by atoms with Crippen LogP contribution < -0.4 is 16.0 Å². The first-order valence-corrected chi connectivity index (χ1v) is 7.01. The monoisotopic (exact) mass is 327 g/mol. The molecule has 1 amide bonds. The molecule has 5 nitrogen and oxygen atoms in total. The summed E-state index contributed by atoms with van der Waals surface area (Å²) < 4.78 is 5.64. The van der Waals surface area contributed by atoms with Gasteiger partial charge in [-0.05, 0) is 24.1 Å². The Balaban J connectivity index is 2.00. The maximum Gasteiger partial charge on any atom is 0.407 e. The Kier molecular flexibility index (Phi) is 4.66. The number of carbonyl (C=O) groups excluding carboxylic acids is 1. The van der Waals surface area contributed by atoms with Crippen LogP contribution in [0.3, 0.4) is 0 Å². The smallest absolute Gasteiger partial charge is 0.407 e. The molecule has 0 spiro atoms. The van der Waals surface area contributed by atoms with Crippen LogP contribution in [0.2, 0.25) is 0 Å². The standard InChI is InChI=1S/C13H18BrN3O2/c1-19-13(18)16-10-4-5-17(8-10)11-3-2-9(7-15)12(14)6-11/h2-3,6,10H,4-5,7-8,15H2,1H3,(H,16,18). The van der Waals surface area contributed by atoms with Gasteiger partial charge in [0.15, 0.2) is 0 Å². The number of benzene rings is 1. The quantitative estimate of drug-likeness (QED) is 0.889. The van der Waals surface area contributed by atoms with Crippen LogP contribution in [0.15, 0.2) is 22.7 Å². The highest BCUT2D eigenvalue weighted by Gasteiger charge is 2.24. The van der Waals surface area contributed by atoms with Gasteiger partial charge in [0.1, 0.15) is 0 Å². The number of nitrogens with one attached hydrogen (secondary N) is 1. The Labute approximate surface area is 121 Å². The van der Waals surface area contributed by atoms with E-state index in [1.165, 1.54) is 7.11 Å². The number of rotatable bonds is 3. The molecule has 2 rings (SSSR count). The molecule has 0 radical (unpaired) electrons. The van der Waals surface area contributed by atoms with Crippen molar-refractivity contribution in [3.05, 3.63) is 28.2 Å². The lowest BCUT2D eigenvalue weighted by molar-refractivity contribution is 0.167. The summed E-state index contributed by atoms with van der Waals surface area (Å²) in [4.78, 5) is 13.4. The molecular formula is C13H18BrN3O2. The van der Waals surface area contributed by atoms with Gasteiger partial charge in [-0.15, -0.1) is 0 Å². The minimum Gasteiger partial charge on any atom is -0.453 e. The number of methoxy groups -OCH3 is 1. The lowest BCUT2D eigenvalue weighted by Gasteiger charge is -2.20. The zero-order chi connectivity index (χ0) is 13.8. The summed E-state index contributed by atoms with van der Waals surface area (Å²) in [6, 6.07) is 6.30. The first-order valence-electron chi connectivity index (χ1n) is 6.22. The van der Waals surface area contributed by atoms with E-state index in [-0.39, 0.29) is 12.1 Å². The van der Waals surface area contributed by atoms with Crippen LogP contribution in [0.1, 0.15) is 12.0 Å². The lowest BCUT2D eigenvalue weighted by atomic mass is 10.2. The molecule has 1 fully saturated rings. The molecule has 1 aromatic carbocycles. The third-order valence-electron chi connectivity index (χ3n) is 3.32. The molecule has 6 heteroatoms. The van der Waals surface area contributed by atoms with E-state index in [4.69, 9.17) is 5.73 Å². The molecule has 1 aromatic rings. The lowest BCUT2D eigenvalue weighted by Crippen LogP contribution is -2.36. The number of carbonyl (C=O) groups is 1. The van der Waals surface area contributed by atoms with Gasteiger partial charge in [0.25, 0.3) is 0 Å². The first-order chi connectivity index (χ1) is 9.13. The molecule has 104 valence electrons. The van der Waals surface area contributed by atoms with Crippen LogP contribution in [-0.4, -0.2) is 32.3 Å². The topological polar surface area (TPSA) is 67.6 Å². The van der Waals surface area contributed by atoms with Crippen molar-refractivity contribution in [2.75, 3.05) is 25.1 Å². The molecule has 1 saturated heterocycles. The number of amides is 1. The van der Waals surface area contributed by atoms with Crippen LogP contribution in [0.25, 0.3) is 0 Å². The highest BCUT2D eigenvalue weighted by Crippen LogP contribution is 2.26. The molecule has 1 unspecified atom stereocenters. The Morgan fingerprint density at radius 3 is 3.05 bits per heavy atom. The van der Waals surface area contributed by atoms with Crippen LogP contribution >= 0.6 is 15.9 Å². The maximum atomic E-state index is 11.2. The molecule has 1 aliphatic rings. The molecule has 0 aromatic heterocycles. The molecule has 0 saturated carbocycles. The highest BCUT2D eigenvalue weighted by molar-refractivity contribution is 9.10. The predicted octanol–water partition coefficient (Wildman–Crippen LogP) is 1.84. The second kappa shape index (κ2) is 6.25. The number of anilines is 1. The van der Waals surface area contributed by atoms with E-state index < -0.39 is 0 Å². The molecule has 0 bridgehead atoms. The first kappa shape index (κ1) is 14.1. The number of alkyl carbamates (subject to hydrolysis) is 1. The van der Waals surface area contributed by atoms with Crippen molar-refractivity contribution in [3.63, 3.8) is 0 Å². The van der Waals surface area contributed by atoms with Crippen LogP contribution in [0, 0.1) is 0 Å². The molecular weight excluding hydrogens is 310 g/mol. The van der Waals surface area contributed by atoms with Crippen LogP contribution in [0.4, 0.5) is 10.5 Å². The number of ether oxygens (including phenoxy) is 1. The van der Waals surface area contributed by atoms with Crippen molar-refractivity contribution in [2.24, 2.45) is 5.73 Å². The number of hydrogen-bond donors (Lipinski definition) is 2. The zero-order valence-corrected chi connectivity index (χ0v) is 12.4. The zero-order valence-electron chi connectivity index (χ0n) is 10.9. The maximum absolute atomic E-state index is 11.2. The Morgan fingerprint density at radius 1 is 1.63 bits per heavy atom. The van der Waals surface area contributed by atoms with Crippen molar-refractivity contribution < 1.29 is 9.53 Å². The highest BCUT2D eigenvalue weighted by atomic mass is 79.9. The fourth-order valence-corrected chi connectivity index (χ4v) is 2.77. The molecule has 1 aliphatic heterocycles. The van der Waals surface area contributed by atoms with Crippen molar-refractivity contribution in [3.8, 4) is 0 Å². The van der Waals surface area contributed by atoms with Gasteiger partial charge in [-0.2, -0.15) is 0 Å². The summed E-state index contributed by atoms with van der Waals surface area (Å²) in [5.41, 5.74) is 7.87. The summed E-state index contributed by atoms with van der Waals surface area (Å²) >= 11 is 3.52. The molecule has 3 N–H and O–H groups in total. The van der Waals surface area contributed by atoms with Gasteiger partial charge in [0, 0.05) is 29.8 Å². The van der Waals surface area contributed by atoms with Gasteiger partial charge in [0.05, 0.1) is 13.2 Å². The van der Waals surface area contributed by atoms with Gasteiger partial charge in [-0.25, -0.2) is 4.79 Å². The van der Waals surface area contributed by atoms with Gasteiger partial charge in [-0.3, -0.25) is 0 Å². The second-order valence-corrected chi connectivity index (χ2v) is 5.40. The Morgan fingerprint density at radius 2 is 2.42 bits per heavy atom. The molecule has 0 aliphatic carbocycles. The normalized spacial score (nSPS) is 18.5. The van der Waals surface area contributed by atoms with E-state index in [9.17, 15) is 4.79 Å².